The van der Waals surface area contributed by atoms with Crippen LogP contribution in [0.4, 0.5) is 0 Å². The van der Waals surface area contributed by atoms with E-state index in [4.69, 9.17) is 14.2 Å². The summed E-state index contributed by atoms with van der Waals surface area (Å²) in [7, 11) is 1.76. The fraction of sp³-hybridized carbons (Fsp3) is 0.350. The quantitative estimate of drug-likeness (QED) is 0.196. The van der Waals surface area contributed by atoms with Gasteiger partial charge in [0.25, 0.3) is 11.8 Å². The molecule has 8 nitrogen and oxygen atoms in total. The van der Waals surface area contributed by atoms with E-state index in [0.717, 1.165) is 59.3 Å². The second-order valence-corrected chi connectivity index (χ2v) is 13.1. The summed E-state index contributed by atoms with van der Waals surface area (Å²) in [5, 5.41) is 9.62. The maximum absolute atomic E-state index is 13.0. The second kappa shape index (κ2) is 14.1. The molecule has 0 saturated carbocycles. The number of benzene rings is 4. The van der Waals surface area contributed by atoms with Gasteiger partial charge in [0, 0.05) is 31.2 Å². The van der Waals surface area contributed by atoms with Gasteiger partial charge in [0.05, 0.1) is 43.1 Å². The maximum Gasteiger partial charge on any atom is 0.261 e. The summed E-state index contributed by atoms with van der Waals surface area (Å²) in [6.07, 6.45) is 1.41. The standard InChI is InChI=1S/C40H42N2O6/c1-26-36(23-41-19-7-12-33(41)25-46-2)47-40(48-37(26)29-17-15-27(24-43)16-18-29)32-11-6-10-31(21-32)30-9-5-8-28(20-30)22-42-38(44)34-13-3-4-14-35(34)39(42)45/h3-6,8-11,13-18,20-21,26,33,36-37,40,43H,7,12,19,22-25H2,1-2H3/t26-,33+,36+,37+,40+/m1/s1. The Balaban J connectivity index is 1.14. The summed E-state index contributed by atoms with van der Waals surface area (Å²) in [6, 6.07) is 31.5. The van der Waals surface area contributed by atoms with E-state index in [1.54, 1.807) is 31.4 Å². The van der Waals surface area contributed by atoms with Gasteiger partial charge in [0.2, 0.25) is 0 Å². The number of nitrogens with zero attached hydrogens (tertiary/aromatic N) is 2. The zero-order valence-electron chi connectivity index (χ0n) is 27.5. The molecular weight excluding hydrogens is 604 g/mol. The molecule has 4 aromatic carbocycles. The van der Waals surface area contributed by atoms with Crippen LogP contribution in [0.1, 0.15) is 75.1 Å². The SMILES string of the molecule is COC[C@@H]1CCCN1C[C@@H]1O[C@H](c2cccc(-c3cccc(CN4C(=O)c5ccccc5C4=O)c3)c2)O[C@H](c2ccc(CO)cc2)[C@@H]1C. The number of aliphatic hydroxyl groups is 1. The van der Waals surface area contributed by atoms with E-state index in [-0.39, 0.29) is 43.1 Å². The van der Waals surface area contributed by atoms with Crippen molar-refractivity contribution in [1.82, 2.24) is 9.80 Å². The Morgan fingerprint density at radius 1 is 0.812 bits per heavy atom. The number of fused-ring (bicyclic) bond motifs is 1. The van der Waals surface area contributed by atoms with Gasteiger partial charge in [-0.05, 0) is 71.5 Å². The summed E-state index contributed by atoms with van der Waals surface area (Å²) in [5.41, 5.74) is 6.58. The minimum absolute atomic E-state index is 0.00213. The molecule has 2 saturated heterocycles. The molecule has 2 fully saturated rings. The Bertz CT molecular complexity index is 1740. The van der Waals surface area contributed by atoms with Gasteiger partial charge in [0.15, 0.2) is 6.29 Å². The Hall–Kier alpha value is -4.18. The van der Waals surface area contributed by atoms with Crippen LogP contribution in [0.25, 0.3) is 11.1 Å². The number of likely N-dealkylation sites (tertiary alicyclic amines) is 1. The lowest BCUT2D eigenvalue weighted by Crippen LogP contribution is -2.46. The number of imide groups is 1. The van der Waals surface area contributed by atoms with Crippen LogP contribution in [0.3, 0.4) is 0 Å². The summed E-state index contributed by atoms with van der Waals surface area (Å²) >= 11 is 0. The number of hydrogen-bond acceptors (Lipinski definition) is 7. The Labute approximate surface area is 281 Å². The number of methoxy groups -OCH3 is 1. The van der Waals surface area contributed by atoms with Crippen molar-refractivity contribution in [2.45, 2.75) is 57.5 Å². The summed E-state index contributed by atoms with van der Waals surface area (Å²) in [6.45, 7) is 4.92. The molecular formula is C40H42N2O6. The predicted molar refractivity (Wildman–Crippen MR) is 182 cm³/mol. The van der Waals surface area contributed by atoms with Gasteiger partial charge in [-0.15, -0.1) is 0 Å². The molecule has 3 aliphatic rings. The lowest BCUT2D eigenvalue weighted by Gasteiger charge is -2.43. The Morgan fingerprint density at radius 3 is 2.23 bits per heavy atom. The van der Waals surface area contributed by atoms with Crippen LogP contribution in [-0.2, 0) is 27.4 Å². The molecule has 7 rings (SSSR count). The molecule has 0 unspecified atom stereocenters. The van der Waals surface area contributed by atoms with Crippen molar-refractivity contribution in [3.8, 4) is 11.1 Å². The molecule has 48 heavy (non-hydrogen) atoms. The molecule has 5 atom stereocenters. The van der Waals surface area contributed by atoms with Crippen LogP contribution in [0, 0.1) is 5.92 Å². The summed E-state index contributed by atoms with van der Waals surface area (Å²) in [4.78, 5) is 29.8. The smallest absolute Gasteiger partial charge is 0.261 e. The van der Waals surface area contributed by atoms with Gasteiger partial charge >= 0.3 is 0 Å². The van der Waals surface area contributed by atoms with Crippen molar-refractivity contribution in [1.29, 1.82) is 0 Å². The fourth-order valence-electron chi connectivity index (χ4n) is 7.36. The van der Waals surface area contributed by atoms with Crippen LogP contribution in [0.5, 0.6) is 0 Å². The second-order valence-electron chi connectivity index (χ2n) is 13.1. The molecule has 0 bridgehead atoms. The third-order valence-electron chi connectivity index (χ3n) is 10.0. The first-order valence-corrected chi connectivity index (χ1v) is 16.8. The largest absolute Gasteiger partial charge is 0.392 e. The first kappa shape index (κ1) is 32.4. The molecule has 8 heteroatoms. The van der Waals surface area contributed by atoms with Crippen molar-refractivity contribution in [2.24, 2.45) is 5.92 Å². The first-order chi connectivity index (χ1) is 23.4. The minimum Gasteiger partial charge on any atom is -0.392 e. The number of hydrogen-bond donors (Lipinski definition) is 1. The average Bonchev–Trinajstić information content (AvgIpc) is 3.66. The third-order valence-corrected chi connectivity index (χ3v) is 10.0. The van der Waals surface area contributed by atoms with E-state index in [1.807, 2.05) is 60.7 Å². The van der Waals surface area contributed by atoms with Crippen molar-refractivity contribution in [3.05, 3.63) is 130 Å². The van der Waals surface area contributed by atoms with E-state index in [2.05, 4.69) is 24.0 Å². The van der Waals surface area contributed by atoms with Gasteiger partial charge < -0.3 is 19.3 Å². The van der Waals surface area contributed by atoms with E-state index in [9.17, 15) is 14.7 Å². The first-order valence-electron chi connectivity index (χ1n) is 16.8. The molecule has 2 amide bonds. The van der Waals surface area contributed by atoms with Crippen LogP contribution >= 0.6 is 0 Å². The van der Waals surface area contributed by atoms with Gasteiger partial charge in [-0.3, -0.25) is 19.4 Å². The number of carbonyl (C=O) groups excluding carboxylic acids is 2. The van der Waals surface area contributed by atoms with Gasteiger partial charge in [-0.25, -0.2) is 0 Å². The highest BCUT2D eigenvalue weighted by atomic mass is 16.7. The lowest BCUT2D eigenvalue weighted by molar-refractivity contribution is -0.276. The van der Waals surface area contributed by atoms with Crippen molar-refractivity contribution >= 4 is 11.8 Å². The molecule has 0 radical (unpaired) electrons. The Kier molecular flexibility index (Phi) is 9.52. The highest BCUT2D eigenvalue weighted by molar-refractivity contribution is 6.21. The van der Waals surface area contributed by atoms with E-state index in [1.165, 1.54) is 4.90 Å². The van der Waals surface area contributed by atoms with Crippen LogP contribution in [0.2, 0.25) is 0 Å². The van der Waals surface area contributed by atoms with Crippen LogP contribution < -0.4 is 0 Å². The monoisotopic (exact) mass is 646 g/mol. The molecule has 0 aliphatic carbocycles. The van der Waals surface area contributed by atoms with Crippen molar-refractivity contribution in [2.75, 3.05) is 26.8 Å². The predicted octanol–water partition coefficient (Wildman–Crippen LogP) is 6.54. The average molecular weight is 647 g/mol. The number of carbonyl (C=O) groups is 2. The topological polar surface area (TPSA) is 88.5 Å². The van der Waals surface area contributed by atoms with Crippen molar-refractivity contribution < 1.29 is 28.9 Å². The summed E-state index contributed by atoms with van der Waals surface area (Å²) < 4.78 is 19.1. The van der Waals surface area contributed by atoms with Gasteiger partial charge in [-0.2, -0.15) is 0 Å². The maximum atomic E-state index is 13.0. The zero-order chi connectivity index (χ0) is 33.2. The minimum atomic E-state index is -0.585. The van der Waals surface area contributed by atoms with Crippen LogP contribution in [-0.4, -0.2) is 65.7 Å². The van der Waals surface area contributed by atoms with E-state index < -0.39 is 6.29 Å². The molecule has 3 aliphatic heterocycles. The molecule has 0 spiro atoms. The fourth-order valence-corrected chi connectivity index (χ4v) is 7.36. The van der Waals surface area contributed by atoms with Gasteiger partial charge in [0.1, 0.15) is 0 Å². The third kappa shape index (κ3) is 6.46. The normalized spacial score (nSPS) is 24.3. The number of rotatable bonds is 10. The number of ether oxygens (including phenoxy) is 3. The van der Waals surface area contributed by atoms with Crippen molar-refractivity contribution in [3.63, 3.8) is 0 Å². The Morgan fingerprint density at radius 2 is 1.52 bits per heavy atom. The van der Waals surface area contributed by atoms with Gasteiger partial charge in [-0.1, -0.05) is 79.7 Å². The number of aliphatic hydroxyl groups excluding tert-OH is 1. The molecule has 4 aromatic rings. The van der Waals surface area contributed by atoms with E-state index in [0.29, 0.717) is 23.8 Å². The summed E-state index contributed by atoms with van der Waals surface area (Å²) in [5.74, 6) is -0.435. The molecule has 0 aromatic heterocycles. The zero-order valence-corrected chi connectivity index (χ0v) is 27.5. The molecule has 3 heterocycles. The van der Waals surface area contributed by atoms with E-state index >= 15 is 0 Å². The van der Waals surface area contributed by atoms with Crippen LogP contribution in [0.15, 0.2) is 97.1 Å². The number of amides is 2. The molecule has 1 N–H and O–H groups in total. The highest BCUT2D eigenvalue weighted by Gasteiger charge is 2.41. The highest BCUT2D eigenvalue weighted by Crippen LogP contribution is 2.43. The lowest BCUT2D eigenvalue weighted by atomic mass is 9.89. The molecule has 248 valence electrons.